The van der Waals surface area contributed by atoms with E-state index in [1.807, 2.05) is 30.3 Å². The normalized spacial score (nSPS) is 16.2. The lowest BCUT2D eigenvalue weighted by molar-refractivity contribution is 0.0729. The monoisotopic (exact) mass is 475 g/mol. The van der Waals surface area contributed by atoms with Crippen LogP contribution < -0.4 is 0 Å². The predicted molar refractivity (Wildman–Crippen MR) is 146 cm³/mol. The minimum Gasteiger partial charge on any atom is -0.331 e. The second kappa shape index (κ2) is 10.2. The summed E-state index contributed by atoms with van der Waals surface area (Å²) in [6.07, 6.45) is 5.87. The number of hydrogen-bond acceptors (Lipinski definition) is 3. The van der Waals surface area contributed by atoms with E-state index in [2.05, 4.69) is 64.4 Å². The van der Waals surface area contributed by atoms with E-state index in [9.17, 15) is 4.79 Å². The topological polar surface area (TPSA) is 36.4 Å². The van der Waals surface area contributed by atoms with Crippen molar-refractivity contribution in [2.45, 2.75) is 51.2 Å². The Morgan fingerprint density at radius 1 is 0.833 bits per heavy atom. The number of piperidine rings is 1. The van der Waals surface area contributed by atoms with Crippen LogP contribution in [0.1, 0.15) is 53.6 Å². The molecular weight excluding hydrogens is 442 g/mol. The van der Waals surface area contributed by atoms with Gasteiger partial charge >= 0.3 is 0 Å². The minimum atomic E-state index is 0.143. The van der Waals surface area contributed by atoms with E-state index in [1.165, 1.54) is 24.8 Å². The first-order valence-corrected chi connectivity index (χ1v) is 13.3. The third-order valence-corrected chi connectivity index (χ3v) is 7.53. The summed E-state index contributed by atoms with van der Waals surface area (Å²) in [7, 11) is 0. The van der Waals surface area contributed by atoms with Crippen LogP contribution in [0.25, 0.3) is 22.2 Å². The maximum atomic E-state index is 14.6. The summed E-state index contributed by atoms with van der Waals surface area (Å²) in [6, 6.07) is 29.3. The van der Waals surface area contributed by atoms with E-state index >= 15 is 0 Å². The molecule has 2 aliphatic rings. The number of hydrogen-bond donors (Lipinski definition) is 0. The summed E-state index contributed by atoms with van der Waals surface area (Å²) in [4.78, 5) is 24.4. The molecule has 1 aliphatic heterocycles. The standard InChI is InChI=1S/C32H33N3O/c36-32(35(26-18-19-26)22-24-12-4-1-5-13-24)30-27-16-8-9-17-29(27)33-31(25-14-6-2-7-15-25)28(30)23-34-20-10-3-11-21-34/h1-2,4-9,12-17,26H,3,10-11,18-23H2. The first-order valence-electron chi connectivity index (χ1n) is 13.3. The van der Waals surface area contributed by atoms with Gasteiger partial charge in [-0.05, 0) is 50.4 Å². The molecule has 0 radical (unpaired) electrons. The number of benzene rings is 3. The number of carbonyl (C=O) groups is 1. The molecule has 3 aromatic carbocycles. The third kappa shape index (κ3) is 4.78. The van der Waals surface area contributed by atoms with Crippen LogP contribution in [0.5, 0.6) is 0 Å². The van der Waals surface area contributed by atoms with Crippen LogP contribution in [-0.4, -0.2) is 39.8 Å². The molecule has 1 amide bonds. The Labute approximate surface area is 213 Å². The summed E-state index contributed by atoms with van der Waals surface area (Å²) in [5.74, 6) is 0.143. The Morgan fingerprint density at radius 2 is 1.50 bits per heavy atom. The van der Waals surface area contributed by atoms with Crippen molar-refractivity contribution in [1.29, 1.82) is 0 Å². The van der Waals surface area contributed by atoms with Gasteiger partial charge < -0.3 is 4.90 Å². The van der Waals surface area contributed by atoms with Crippen molar-refractivity contribution >= 4 is 16.8 Å². The molecule has 1 saturated heterocycles. The molecule has 182 valence electrons. The number of pyridine rings is 1. The van der Waals surface area contributed by atoms with Crippen LogP contribution in [0.15, 0.2) is 84.9 Å². The van der Waals surface area contributed by atoms with Crippen molar-refractivity contribution < 1.29 is 4.79 Å². The van der Waals surface area contributed by atoms with Crippen LogP contribution in [0.3, 0.4) is 0 Å². The lowest BCUT2D eigenvalue weighted by Crippen LogP contribution is -2.35. The molecule has 0 bridgehead atoms. The van der Waals surface area contributed by atoms with Crippen LogP contribution in [0.2, 0.25) is 0 Å². The molecule has 6 rings (SSSR count). The van der Waals surface area contributed by atoms with Gasteiger partial charge in [-0.1, -0.05) is 85.3 Å². The molecule has 4 heteroatoms. The van der Waals surface area contributed by atoms with E-state index in [1.54, 1.807) is 0 Å². The summed E-state index contributed by atoms with van der Waals surface area (Å²) >= 11 is 0. The fraction of sp³-hybridized carbons (Fsp3) is 0.312. The average Bonchev–Trinajstić information content (AvgIpc) is 3.78. The summed E-state index contributed by atoms with van der Waals surface area (Å²) < 4.78 is 0. The SMILES string of the molecule is O=C(c1c(CN2CCCCC2)c(-c2ccccc2)nc2ccccc12)N(Cc1ccccc1)C1CC1. The second-order valence-corrected chi connectivity index (χ2v) is 10.2. The van der Waals surface area contributed by atoms with Gasteiger partial charge in [-0.3, -0.25) is 9.69 Å². The van der Waals surface area contributed by atoms with Gasteiger partial charge in [0.15, 0.2) is 0 Å². The van der Waals surface area contributed by atoms with Crippen LogP contribution in [0, 0.1) is 0 Å². The smallest absolute Gasteiger partial charge is 0.255 e. The van der Waals surface area contributed by atoms with Crippen LogP contribution >= 0.6 is 0 Å². The Kier molecular flexibility index (Phi) is 6.52. The van der Waals surface area contributed by atoms with Crippen molar-refractivity contribution in [1.82, 2.24) is 14.8 Å². The van der Waals surface area contributed by atoms with Crippen LogP contribution in [-0.2, 0) is 13.1 Å². The van der Waals surface area contributed by atoms with Crippen molar-refractivity contribution in [2.24, 2.45) is 0 Å². The average molecular weight is 476 g/mol. The summed E-state index contributed by atoms with van der Waals surface area (Å²) in [5.41, 5.74) is 6.00. The van der Waals surface area contributed by atoms with Gasteiger partial charge in [0, 0.05) is 35.6 Å². The molecule has 0 spiro atoms. The molecule has 0 N–H and O–H groups in total. The minimum absolute atomic E-state index is 0.143. The largest absolute Gasteiger partial charge is 0.331 e. The molecule has 36 heavy (non-hydrogen) atoms. The molecule has 4 aromatic rings. The first-order chi connectivity index (χ1) is 17.8. The zero-order chi connectivity index (χ0) is 24.3. The lowest BCUT2D eigenvalue weighted by Gasteiger charge is -2.30. The van der Waals surface area contributed by atoms with Gasteiger partial charge in [0.05, 0.1) is 16.8 Å². The number of fused-ring (bicyclic) bond motifs is 1. The second-order valence-electron chi connectivity index (χ2n) is 10.2. The Hall–Kier alpha value is -3.50. The van der Waals surface area contributed by atoms with Gasteiger partial charge in [0.1, 0.15) is 0 Å². The van der Waals surface area contributed by atoms with Gasteiger partial charge in [-0.15, -0.1) is 0 Å². The molecule has 1 aromatic heterocycles. The van der Waals surface area contributed by atoms with Crippen molar-refractivity contribution in [3.05, 3.63) is 102 Å². The number of carbonyl (C=O) groups excluding carboxylic acids is 1. The Morgan fingerprint density at radius 3 is 2.22 bits per heavy atom. The zero-order valence-corrected chi connectivity index (χ0v) is 20.8. The predicted octanol–water partition coefficient (Wildman–Crippen LogP) is 6.69. The maximum absolute atomic E-state index is 14.6. The Bertz CT molecular complexity index is 1340. The number of rotatable bonds is 7. The van der Waals surface area contributed by atoms with Gasteiger partial charge in [0.25, 0.3) is 5.91 Å². The Balaban J connectivity index is 1.52. The number of amides is 1. The molecule has 0 unspecified atom stereocenters. The van der Waals surface area contributed by atoms with E-state index in [4.69, 9.17) is 4.98 Å². The van der Waals surface area contributed by atoms with E-state index in [-0.39, 0.29) is 5.91 Å². The molecule has 4 nitrogen and oxygen atoms in total. The fourth-order valence-corrected chi connectivity index (χ4v) is 5.50. The maximum Gasteiger partial charge on any atom is 0.255 e. The molecular formula is C32H33N3O. The highest BCUT2D eigenvalue weighted by atomic mass is 16.2. The van der Waals surface area contributed by atoms with Gasteiger partial charge in [-0.25, -0.2) is 4.98 Å². The number of nitrogens with zero attached hydrogens (tertiary/aromatic N) is 3. The van der Waals surface area contributed by atoms with E-state index in [0.29, 0.717) is 12.6 Å². The number of para-hydroxylation sites is 1. The van der Waals surface area contributed by atoms with Gasteiger partial charge in [-0.2, -0.15) is 0 Å². The van der Waals surface area contributed by atoms with Crippen molar-refractivity contribution in [3.63, 3.8) is 0 Å². The molecule has 1 saturated carbocycles. The van der Waals surface area contributed by atoms with Gasteiger partial charge in [0.2, 0.25) is 0 Å². The summed E-state index contributed by atoms with van der Waals surface area (Å²) in [6.45, 7) is 3.55. The number of aromatic nitrogens is 1. The zero-order valence-electron chi connectivity index (χ0n) is 20.8. The summed E-state index contributed by atoms with van der Waals surface area (Å²) in [5, 5.41) is 0.966. The quantitative estimate of drug-likeness (QED) is 0.299. The van der Waals surface area contributed by atoms with Crippen molar-refractivity contribution in [3.8, 4) is 11.3 Å². The molecule has 1 aliphatic carbocycles. The first kappa shape index (κ1) is 22.9. The lowest BCUT2D eigenvalue weighted by atomic mass is 9.94. The highest BCUT2D eigenvalue weighted by Gasteiger charge is 2.35. The third-order valence-electron chi connectivity index (χ3n) is 7.53. The molecule has 2 heterocycles. The fourth-order valence-electron chi connectivity index (χ4n) is 5.50. The highest BCUT2D eigenvalue weighted by Crippen LogP contribution is 2.36. The van der Waals surface area contributed by atoms with E-state index < -0.39 is 0 Å². The van der Waals surface area contributed by atoms with Crippen LogP contribution in [0.4, 0.5) is 0 Å². The molecule has 2 fully saturated rings. The molecule has 0 atom stereocenters. The number of likely N-dealkylation sites (tertiary alicyclic amines) is 1. The van der Waals surface area contributed by atoms with E-state index in [0.717, 1.165) is 65.8 Å². The highest BCUT2D eigenvalue weighted by molar-refractivity contribution is 6.09. The van der Waals surface area contributed by atoms with Crippen molar-refractivity contribution in [2.75, 3.05) is 13.1 Å².